The maximum absolute atomic E-state index is 4.31. The van der Waals surface area contributed by atoms with E-state index in [2.05, 4.69) is 50.8 Å². The topological polar surface area (TPSA) is 41.1 Å². The Bertz CT molecular complexity index is 570. The fourth-order valence-corrected chi connectivity index (χ4v) is 3.21. The van der Waals surface area contributed by atoms with Crippen molar-refractivity contribution in [1.29, 1.82) is 0 Å². The Morgan fingerprint density at radius 1 is 1.24 bits per heavy atom. The molecule has 0 aliphatic carbocycles. The molecule has 0 saturated carbocycles. The SMILES string of the molecule is Cc1nsc(NCc2ccc(N3CCC(C)CC3)cc2)n1. The molecule has 2 heterocycles. The normalized spacial score (nSPS) is 16.2. The Morgan fingerprint density at radius 3 is 2.57 bits per heavy atom. The highest BCUT2D eigenvalue weighted by Gasteiger charge is 2.15. The number of rotatable bonds is 4. The first-order valence-corrected chi connectivity index (χ1v) is 8.36. The summed E-state index contributed by atoms with van der Waals surface area (Å²) in [5.41, 5.74) is 2.62. The third kappa shape index (κ3) is 3.73. The van der Waals surface area contributed by atoms with Gasteiger partial charge in [-0.2, -0.15) is 4.37 Å². The average Bonchev–Trinajstić information content (AvgIpc) is 2.92. The lowest BCUT2D eigenvalue weighted by molar-refractivity contribution is 0.438. The summed E-state index contributed by atoms with van der Waals surface area (Å²) in [6.45, 7) is 7.43. The van der Waals surface area contributed by atoms with Gasteiger partial charge in [0.15, 0.2) is 0 Å². The smallest absolute Gasteiger partial charge is 0.202 e. The van der Waals surface area contributed by atoms with Crippen molar-refractivity contribution < 1.29 is 0 Å². The number of anilines is 2. The third-order valence-electron chi connectivity index (χ3n) is 4.06. The van der Waals surface area contributed by atoms with Gasteiger partial charge in [0.25, 0.3) is 0 Å². The van der Waals surface area contributed by atoms with Crippen LogP contribution in [0.5, 0.6) is 0 Å². The number of nitrogens with one attached hydrogen (secondary N) is 1. The van der Waals surface area contributed by atoms with Gasteiger partial charge < -0.3 is 10.2 Å². The van der Waals surface area contributed by atoms with Crippen molar-refractivity contribution in [3.05, 3.63) is 35.7 Å². The van der Waals surface area contributed by atoms with Crippen molar-refractivity contribution in [1.82, 2.24) is 9.36 Å². The van der Waals surface area contributed by atoms with Gasteiger partial charge in [-0.15, -0.1) is 0 Å². The van der Waals surface area contributed by atoms with Crippen molar-refractivity contribution in [2.45, 2.75) is 33.2 Å². The van der Waals surface area contributed by atoms with Gasteiger partial charge in [-0.3, -0.25) is 0 Å². The molecule has 112 valence electrons. The molecule has 21 heavy (non-hydrogen) atoms. The van der Waals surface area contributed by atoms with Gasteiger partial charge in [-0.1, -0.05) is 19.1 Å². The highest BCUT2D eigenvalue weighted by atomic mass is 32.1. The van der Waals surface area contributed by atoms with E-state index in [0.29, 0.717) is 0 Å². The molecule has 1 N–H and O–H groups in total. The second-order valence-corrected chi connectivity index (χ2v) is 6.59. The Labute approximate surface area is 130 Å². The average molecular weight is 302 g/mol. The maximum Gasteiger partial charge on any atom is 0.202 e. The standard InChI is InChI=1S/C16H22N4S/c1-12-7-9-20(10-8-12)15-5-3-14(4-6-15)11-17-16-18-13(2)19-21-16/h3-6,12H,7-11H2,1-2H3,(H,17,18,19). The van der Waals surface area contributed by atoms with Crippen molar-refractivity contribution in [3.8, 4) is 0 Å². The molecular weight excluding hydrogens is 280 g/mol. The summed E-state index contributed by atoms with van der Waals surface area (Å²) in [5.74, 6) is 1.71. The van der Waals surface area contributed by atoms with Crippen molar-refractivity contribution in [2.24, 2.45) is 5.92 Å². The molecule has 1 aromatic heterocycles. The summed E-state index contributed by atoms with van der Waals surface area (Å²) < 4.78 is 4.17. The van der Waals surface area contributed by atoms with E-state index in [1.807, 2.05) is 6.92 Å². The first kappa shape index (κ1) is 14.3. The second kappa shape index (κ2) is 6.43. The minimum absolute atomic E-state index is 0.798. The van der Waals surface area contributed by atoms with Gasteiger partial charge in [0.2, 0.25) is 5.13 Å². The first-order valence-electron chi connectivity index (χ1n) is 7.59. The summed E-state index contributed by atoms with van der Waals surface area (Å²) in [4.78, 5) is 6.80. The molecule has 0 bridgehead atoms. The van der Waals surface area contributed by atoms with Crippen LogP contribution in [0.4, 0.5) is 10.8 Å². The van der Waals surface area contributed by atoms with E-state index in [4.69, 9.17) is 0 Å². The van der Waals surface area contributed by atoms with Crippen LogP contribution in [0.3, 0.4) is 0 Å². The van der Waals surface area contributed by atoms with E-state index in [-0.39, 0.29) is 0 Å². The van der Waals surface area contributed by atoms with E-state index in [1.165, 1.54) is 48.7 Å². The number of hydrogen-bond acceptors (Lipinski definition) is 5. The van der Waals surface area contributed by atoms with Crippen LogP contribution in [0.1, 0.15) is 31.2 Å². The van der Waals surface area contributed by atoms with Crippen LogP contribution in [-0.2, 0) is 6.54 Å². The van der Waals surface area contributed by atoms with Crippen LogP contribution < -0.4 is 10.2 Å². The van der Waals surface area contributed by atoms with Gasteiger partial charge in [-0.25, -0.2) is 4.98 Å². The zero-order chi connectivity index (χ0) is 14.7. The highest BCUT2D eigenvalue weighted by molar-refractivity contribution is 7.09. The maximum atomic E-state index is 4.31. The first-order chi connectivity index (χ1) is 10.2. The van der Waals surface area contributed by atoms with Crippen molar-refractivity contribution >= 4 is 22.4 Å². The molecule has 1 fully saturated rings. The molecular formula is C16H22N4S. The molecule has 1 aliphatic rings. The Morgan fingerprint density at radius 2 is 1.95 bits per heavy atom. The number of aryl methyl sites for hydroxylation is 1. The van der Waals surface area contributed by atoms with Crippen LogP contribution in [0.15, 0.2) is 24.3 Å². The van der Waals surface area contributed by atoms with Crippen molar-refractivity contribution in [2.75, 3.05) is 23.3 Å². The lowest BCUT2D eigenvalue weighted by Gasteiger charge is -2.32. The summed E-state index contributed by atoms with van der Waals surface area (Å²) in [7, 11) is 0. The summed E-state index contributed by atoms with van der Waals surface area (Å²) in [6, 6.07) is 8.87. The van der Waals surface area contributed by atoms with E-state index in [0.717, 1.165) is 23.4 Å². The molecule has 3 rings (SSSR count). The van der Waals surface area contributed by atoms with Gasteiger partial charge in [0, 0.05) is 36.9 Å². The molecule has 0 unspecified atom stereocenters. The largest absolute Gasteiger partial charge is 0.372 e. The fraction of sp³-hybridized carbons (Fsp3) is 0.500. The lowest BCUT2D eigenvalue weighted by Crippen LogP contribution is -2.32. The van der Waals surface area contributed by atoms with E-state index in [1.54, 1.807) is 0 Å². The van der Waals surface area contributed by atoms with Gasteiger partial charge >= 0.3 is 0 Å². The highest BCUT2D eigenvalue weighted by Crippen LogP contribution is 2.23. The molecule has 2 aromatic rings. The minimum atomic E-state index is 0.798. The van der Waals surface area contributed by atoms with Crippen LogP contribution >= 0.6 is 11.5 Å². The predicted octanol–water partition coefficient (Wildman–Crippen LogP) is 3.69. The Balaban J connectivity index is 1.56. The van der Waals surface area contributed by atoms with Crippen LogP contribution in [0, 0.1) is 12.8 Å². The lowest BCUT2D eigenvalue weighted by atomic mass is 9.99. The molecule has 1 aromatic carbocycles. The third-order valence-corrected chi connectivity index (χ3v) is 4.82. The molecule has 0 amide bonds. The zero-order valence-corrected chi connectivity index (χ0v) is 13.5. The second-order valence-electron chi connectivity index (χ2n) is 5.84. The molecule has 0 spiro atoms. The van der Waals surface area contributed by atoms with E-state index >= 15 is 0 Å². The van der Waals surface area contributed by atoms with Gasteiger partial charge in [-0.05, 0) is 43.4 Å². The Kier molecular flexibility index (Phi) is 4.39. The molecule has 4 nitrogen and oxygen atoms in total. The molecule has 0 atom stereocenters. The number of nitrogens with zero attached hydrogens (tertiary/aromatic N) is 3. The fourth-order valence-electron chi connectivity index (χ4n) is 2.64. The van der Waals surface area contributed by atoms with Gasteiger partial charge in [0.1, 0.15) is 5.82 Å². The molecule has 1 saturated heterocycles. The summed E-state index contributed by atoms with van der Waals surface area (Å²) >= 11 is 1.41. The van der Waals surface area contributed by atoms with Gasteiger partial charge in [0.05, 0.1) is 0 Å². The zero-order valence-electron chi connectivity index (χ0n) is 12.7. The monoisotopic (exact) mass is 302 g/mol. The number of benzene rings is 1. The van der Waals surface area contributed by atoms with E-state index < -0.39 is 0 Å². The Hall–Kier alpha value is -1.62. The molecule has 5 heteroatoms. The van der Waals surface area contributed by atoms with Crippen LogP contribution in [0.2, 0.25) is 0 Å². The van der Waals surface area contributed by atoms with Crippen LogP contribution in [0.25, 0.3) is 0 Å². The summed E-state index contributed by atoms with van der Waals surface area (Å²) in [5, 5.41) is 4.21. The quantitative estimate of drug-likeness (QED) is 0.935. The minimum Gasteiger partial charge on any atom is -0.372 e. The summed E-state index contributed by atoms with van der Waals surface area (Å²) in [6.07, 6.45) is 2.61. The number of aromatic nitrogens is 2. The van der Waals surface area contributed by atoms with E-state index in [9.17, 15) is 0 Å². The molecule has 0 radical (unpaired) electrons. The predicted molar refractivity (Wildman–Crippen MR) is 89.0 cm³/mol. The molecule has 1 aliphatic heterocycles. The van der Waals surface area contributed by atoms with Crippen molar-refractivity contribution in [3.63, 3.8) is 0 Å². The number of hydrogen-bond donors (Lipinski definition) is 1. The number of piperidine rings is 1. The van der Waals surface area contributed by atoms with Crippen LogP contribution in [-0.4, -0.2) is 22.4 Å².